The zero-order valence-electron chi connectivity index (χ0n) is 19.3. The third-order valence-electron chi connectivity index (χ3n) is 5.90. The van der Waals surface area contributed by atoms with Crippen LogP contribution in [0.5, 0.6) is 11.6 Å². The van der Waals surface area contributed by atoms with Gasteiger partial charge < -0.3 is 9.47 Å². The number of aromatic nitrogens is 2. The van der Waals surface area contributed by atoms with Gasteiger partial charge in [0.2, 0.25) is 5.88 Å². The van der Waals surface area contributed by atoms with Crippen molar-refractivity contribution in [2.45, 2.75) is 12.5 Å². The molecule has 180 valence electrons. The summed E-state index contributed by atoms with van der Waals surface area (Å²) < 4.78 is 11.0. The Morgan fingerprint density at radius 2 is 1.86 bits per heavy atom. The summed E-state index contributed by atoms with van der Waals surface area (Å²) in [6.07, 6.45) is 1.79. The van der Waals surface area contributed by atoms with Gasteiger partial charge in [-0.05, 0) is 29.3 Å². The van der Waals surface area contributed by atoms with E-state index in [1.165, 1.54) is 29.5 Å². The highest BCUT2D eigenvalue weighted by Gasteiger charge is 2.33. The van der Waals surface area contributed by atoms with Gasteiger partial charge in [-0.25, -0.2) is 15.0 Å². The second-order valence-electron chi connectivity index (χ2n) is 8.07. The molecule has 0 N–H and O–H groups in total. The van der Waals surface area contributed by atoms with Gasteiger partial charge in [-0.2, -0.15) is 5.10 Å². The first-order chi connectivity index (χ1) is 17.5. The van der Waals surface area contributed by atoms with Crippen molar-refractivity contribution in [1.82, 2.24) is 15.0 Å². The maximum Gasteiger partial charge on any atom is 0.281 e. The summed E-state index contributed by atoms with van der Waals surface area (Å²) in [7, 11) is 1.60. The molecule has 1 unspecified atom stereocenters. The maximum atomic E-state index is 13.3. The average molecular weight is 483 g/mol. The van der Waals surface area contributed by atoms with E-state index in [1.807, 2.05) is 54.6 Å². The number of carbonyl (C=O) groups is 1. The smallest absolute Gasteiger partial charge is 0.281 e. The molecule has 0 radical (unpaired) electrons. The number of nitrogens with zero attached hydrogens (tertiary/aromatic N) is 5. The molecular weight excluding hydrogens is 462 g/mol. The van der Waals surface area contributed by atoms with Crippen LogP contribution >= 0.6 is 0 Å². The number of methoxy groups -OCH3 is 1. The van der Waals surface area contributed by atoms with Crippen molar-refractivity contribution in [3.05, 3.63) is 100 Å². The minimum Gasteiger partial charge on any atom is -0.497 e. The van der Waals surface area contributed by atoms with Gasteiger partial charge in [-0.15, -0.1) is 0 Å². The maximum absolute atomic E-state index is 13.3. The average Bonchev–Trinajstić information content (AvgIpc) is 3.37. The fraction of sp³-hybridized carbons (Fsp3) is 0.154. The van der Waals surface area contributed by atoms with Crippen LogP contribution in [0.25, 0.3) is 10.9 Å². The van der Waals surface area contributed by atoms with Crippen LogP contribution in [-0.2, 0) is 4.79 Å². The summed E-state index contributed by atoms with van der Waals surface area (Å²) >= 11 is 0. The highest BCUT2D eigenvalue weighted by atomic mass is 16.6. The predicted octanol–water partition coefficient (Wildman–Crippen LogP) is 4.30. The lowest BCUT2D eigenvalue weighted by Crippen LogP contribution is -2.31. The van der Waals surface area contributed by atoms with Crippen LogP contribution in [0, 0.1) is 10.1 Å². The number of non-ortho nitro benzene ring substituents is 1. The van der Waals surface area contributed by atoms with E-state index in [-0.39, 0.29) is 30.1 Å². The SMILES string of the molecule is COc1ccc(C2CC(c3ccccc3)=NN2C(=O)COc2ncnc3cc([N+](=O)[O-])ccc23)cc1. The van der Waals surface area contributed by atoms with Gasteiger partial charge in [-0.3, -0.25) is 14.9 Å². The van der Waals surface area contributed by atoms with Crippen LogP contribution in [0.3, 0.4) is 0 Å². The van der Waals surface area contributed by atoms with Crippen LogP contribution in [0.2, 0.25) is 0 Å². The summed E-state index contributed by atoms with van der Waals surface area (Å²) in [6, 6.07) is 21.1. The Hall–Kier alpha value is -4.86. The van der Waals surface area contributed by atoms with Crippen molar-refractivity contribution in [1.29, 1.82) is 0 Å². The normalized spacial score (nSPS) is 15.0. The molecule has 0 saturated carbocycles. The minimum atomic E-state index is -0.499. The molecule has 0 saturated heterocycles. The Kier molecular flexibility index (Phi) is 6.23. The molecule has 10 nitrogen and oxygen atoms in total. The number of benzene rings is 3. The number of hydrogen-bond donors (Lipinski definition) is 0. The number of nitro benzene ring substituents is 1. The van der Waals surface area contributed by atoms with E-state index >= 15 is 0 Å². The second-order valence-corrected chi connectivity index (χ2v) is 8.07. The highest BCUT2D eigenvalue weighted by molar-refractivity contribution is 6.03. The summed E-state index contributed by atoms with van der Waals surface area (Å²) in [5.41, 5.74) is 2.91. The van der Waals surface area contributed by atoms with Crippen molar-refractivity contribution in [2.24, 2.45) is 5.10 Å². The molecule has 1 aliphatic rings. The molecule has 5 rings (SSSR count). The Morgan fingerprint density at radius 1 is 1.08 bits per heavy atom. The Bertz CT molecular complexity index is 1460. The molecule has 2 heterocycles. The minimum absolute atomic E-state index is 0.0922. The molecule has 0 spiro atoms. The van der Waals surface area contributed by atoms with Crippen LogP contribution in [0.15, 0.2) is 84.2 Å². The molecule has 3 aromatic carbocycles. The van der Waals surface area contributed by atoms with E-state index in [0.717, 1.165) is 22.6 Å². The van der Waals surface area contributed by atoms with Crippen LogP contribution in [-0.4, -0.2) is 45.2 Å². The van der Waals surface area contributed by atoms with Gasteiger partial charge in [0.25, 0.3) is 11.6 Å². The van der Waals surface area contributed by atoms with Gasteiger partial charge in [0.15, 0.2) is 6.61 Å². The lowest BCUT2D eigenvalue weighted by molar-refractivity contribution is -0.384. The quantitative estimate of drug-likeness (QED) is 0.284. The van der Waals surface area contributed by atoms with E-state index in [9.17, 15) is 14.9 Å². The molecule has 1 amide bonds. The number of nitro groups is 1. The molecule has 10 heteroatoms. The first kappa shape index (κ1) is 22.9. The number of carbonyl (C=O) groups excluding carboxylic acids is 1. The van der Waals surface area contributed by atoms with Crippen molar-refractivity contribution in [3.63, 3.8) is 0 Å². The Labute approximate surface area is 206 Å². The number of hydrogen-bond acceptors (Lipinski definition) is 8. The highest BCUT2D eigenvalue weighted by Crippen LogP contribution is 2.34. The molecule has 0 fully saturated rings. The Balaban J connectivity index is 1.40. The van der Waals surface area contributed by atoms with Gasteiger partial charge in [0, 0.05) is 18.6 Å². The van der Waals surface area contributed by atoms with E-state index in [1.54, 1.807) is 7.11 Å². The largest absolute Gasteiger partial charge is 0.497 e. The molecular formula is C26H21N5O5. The summed E-state index contributed by atoms with van der Waals surface area (Å²) in [5.74, 6) is 0.532. The van der Waals surface area contributed by atoms with Crippen molar-refractivity contribution in [3.8, 4) is 11.6 Å². The lowest BCUT2D eigenvalue weighted by Gasteiger charge is -2.22. The second kappa shape index (κ2) is 9.79. The van der Waals surface area contributed by atoms with Gasteiger partial charge in [0.1, 0.15) is 12.1 Å². The molecule has 1 atom stereocenters. The first-order valence-electron chi connectivity index (χ1n) is 11.1. The number of hydrazone groups is 1. The van der Waals surface area contributed by atoms with Crippen molar-refractivity contribution >= 4 is 28.2 Å². The number of fused-ring (bicyclic) bond motifs is 1. The summed E-state index contributed by atoms with van der Waals surface area (Å²) in [4.78, 5) is 32.1. The van der Waals surface area contributed by atoms with Crippen molar-refractivity contribution < 1.29 is 19.2 Å². The van der Waals surface area contributed by atoms with E-state index in [2.05, 4.69) is 15.1 Å². The molecule has 0 aliphatic carbocycles. The van der Waals surface area contributed by atoms with Gasteiger partial charge in [0.05, 0.1) is 34.7 Å². The molecule has 1 aliphatic heterocycles. The summed E-state index contributed by atoms with van der Waals surface area (Å²) in [5, 5.41) is 17.6. The Morgan fingerprint density at radius 3 is 2.58 bits per heavy atom. The summed E-state index contributed by atoms with van der Waals surface area (Å²) in [6.45, 7) is -0.318. The molecule has 4 aromatic rings. The number of amides is 1. The fourth-order valence-corrected chi connectivity index (χ4v) is 4.08. The topological polar surface area (TPSA) is 120 Å². The fourth-order valence-electron chi connectivity index (χ4n) is 4.08. The standard InChI is InChI=1S/C26H21N5O5/c1-35-20-10-7-18(8-11-20)24-14-22(17-5-3-2-4-6-17)29-30(24)25(32)15-36-26-21-12-9-19(31(33)34)13-23(21)27-16-28-26/h2-13,16,24H,14-15H2,1H3. The van der Waals surface area contributed by atoms with Gasteiger partial charge >= 0.3 is 0 Å². The van der Waals surface area contributed by atoms with E-state index < -0.39 is 4.92 Å². The number of ether oxygens (including phenoxy) is 2. The molecule has 36 heavy (non-hydrogen) atoms. The molecule has 1 aromatic heterocycles. The number of rotatable bonds is 7. The van der Waals surface area contributed by atoms with Crippen molar-refractivity contribution in [2.75, 3.05) is 13.7 Å². The zero-order valence-corrected chi connectivity index (χ0v) is 19.3. The lowest BCUT2D eigenvalue weighted by atomic mass is 9.98. The molecule has 0 bridgehead atoms. The third kappa shape index (κ3) is 4.56. The van der Waals surface area contributed by atoms with E-state index in [4.69, 9.17) is 9.47 Å². The first-order valence-corrected chi connectivity index (χ1v) is 11.1. The van der Waals surface area contributed by atoms with Gasteiger partial charge in [-0.1, -0.05) is 42.5 Å². The van der Waals surface area contributed by atoms with Crippen LogP contribution in [0.1, 0.15) is 23.6 Å². The monoisotopic (exact) mass is 483 g/mol. The third-order valence-corrected chi connectivity index (χ3v) is 5.90. The van der Waals surface area contributed by atoms with E-state index in [0.29, 0.717) is 17.3 Å². The zero-order chi connectivity index (χ0) is 25.1. The van der Waals surface area contributed by atoms with Crippen LogP contribution in [0.4, 0.5) is 5.69 Å². The predicted molar refractivity (Wildman–Crippen MR) is 132 cm³/mol. The van der Waals surface area contributed by atoms with Crippen LogP contribution < -0.4 is 9.47 Å².